The minimum atomic E-state index is -0.578. The zero-order valence-corrected chi connectivity index (χ0v) is 19.0. The van der Waals surface area contributed by atoms with Crippen molar-refractivity contribution in [3.05, 3.63) is 42.3 Å². The number of pyridine rings is 1. The van der Waals surface area contributed by atoms with Gasteiger partial charge in [-0.15, -0.1) is 0 Å². The van der Waals surface area contributed by atoms with Crippen molar-refractivity contribution in [3.63, 3.8) is 0 Å². The Balaban J connectivity index is 1.36. The Bertz CT molecular complexity index is 897. The third kappa shape index (κ3) is 6.18. The molecule has 2 aliphatic rings. The topological polar surface area (TPSA) is 78.4 Å². The lowest BCUT2D eigenvalue weighted by Gasteiger charge is -2.31. The molecule has 174 valence electrons. The first-order valence-electron chi connectivity index (χ1n) is 11.7. The summed E-state index contributed by atoms with van der Waals surface area (Å²) in [6.45, 7) is 3.39. The van der Waals surface area contributed by atoms with Crippen molar-refractivity contribution < 1.29 is 14.2 Å². The number of anilines is 2. The first-order valence-corrected chi connectivity index (χ1v) is 11.7. The number of aromatic nitrogens is 1. The van der Waals surface area contributed by atoms with Crippen LogP contribution in [0.3, 0.4) is 0 Å². The Labute approximate surface area is 190 Å². The number of hydrogen-bond acceptors (Lipinski definition) is 6. The van der Waals surface area contributed by atoms with Gasteiger partial charge in [0.05, 0.1) is 18.4 Å². The van der Waals surface area contributed by atoms with Crippen LogP contribution in [0.2, 0.25) is 0 Å². The van der Waals surface area contributed by atoms with E-state index in [9.17, 15) is 9.50 Å². The third-order valence-electron chi connectivity index (χ3n) is 6.49. The third-order valence-corrected chi connectivity index (χ3v) is 6.49. The smallest absolute Gasteiger partial charge is 0.149 e. The van der Waals surface area contributed by atoms with Crippen molar-refractivity contribution in [2.75, 3.05) is 30.9 Å². The molecule has 4 N–H and O–H groups in total. The molecule has 0 bridgehead atoms. The maximum atomic E-state index is 14.6. The fourth-order valence-corrected chi connectivity index (χ4v) is 4.44. The van der Waals surface area contributed by atoms with Crippen molar-refractivity contribution in [1.29, 1.82) is 0 Å². The Morgan fingerprint density at radius 3 is 2.66 bits per heavy atom. The number of halogens is 1. The molecule has 0 radical (unpaired) electrons. The predicted molar refractivity (Wildman–Crippen MR) is 126 cm³/mol. The summed E-state index contributed by atoms with van der Waals surface area (Å²) in [6, 6.07) is 10.7. The van der Waals surface area contributed by atoms with E-state index in [1.54, 1.807) is 13.2 Å². The highest BCUT2D eigenvalue weighted by atomic mass is 19.1. The molecular formula is C25H35FN4O2. The average Bonchev–Trinajstić information content (AvgIpc) is 3.53. The van der Waals surface area contributed by atoms with Gasteiger partial charge >= 0.3 is 0 Å². The zero-order valence-electron chi connectivity index (χ0n) is 19.0. The number of nitrogens with one attached hydrogen (secondary N) is 3. The molecule has 0 spiro atoms. The van der Waals surface area contributed by atoms with E-state index in [4.69, 9.17) is 4.74 Å². The molecule has 6 nitrogen and oxygen atoms in total. The lowest BCUT2D eigenvalue weighted by Crippen LogP contribution is -2.42. The summed E-state index contributed by atoms with van der Waals surface area (Å²) in [4.78, 5) is 4.28. The molecular weight excluding hydrogens is 407 g/mol. The van der Waals surface area contributed by atoms with E-state index in [0.29, 0.717) is 36.1 Å². The number of aliphatic hydroxyl groups is 1. The van der Waals surface area contributed by atoms with Crippen LogP contribution >= 0.6 is 0 Å². The number of nitrogens with zero attached hydrogens (tertiary/aromatic N) is 1. The first kappa shape index (κ1) is 23.0. The van der Waals surface area contributed by atoms with Gasteiger partial charge in [0.15, 0.2) is 0 Å². The molecule has 2 aliphatic carbocycles. The fraction of sp³-hybridized carbons (Fsp3) is 0.560. The van der Waals surface area contributed by atoms with Gasteiger partial charge in [0.1, 0.15) is 11.6 Å². The monoisotopic (exact) mass is 442 g/mol. The maximum absolute atomic E-state index is 14.6. The van der Waals surface area contributed by atoms with Crippen molar-refractivity contribution in [2.45, 2.75) is 69.2 Å². The van der Waals surface area contributed by atoms with Crippen molar-refractivity contribution in [1.82, 2.24) is 10.3 Å². The summed E-state index contributed by atoms with van der Waals surface area (Å²) in [5.41, 5.74) is 1.62. The fourth-order valence-electron chi connectivity index (χ4n) is 4.44. The van der Waals surface area contributed by atoms with Crippen molar-refractivity contribution >= 4 is 11.5 Å². The molecule has 2 fully saturated rings. The minimum Gasteiger partial charge on any atom is -0.388 e. The van der Waals surface area contributed by atoms with Gasteiger partial charge in [0.25, 0.3) is 0 Å². The van der Waals surface area contributed by atoms with Gasteiger partial charge in [-0.25, -0.2) is 9.37 Å². The van der Waals surface area contributed by atoms with E-state index in [-0.39, 0.29) is 5.82 Å². The molecule has 0 aliphatic heterocycles. The molecule has 4 rings (SSSR count). The zero-order chi connectivity index (χ0) is 22.6. The quantitative estimate of drug-likeness (QED) is 0.442. The molecule has 1 atom stereocenters. The van der Waals surface area contributed by atoms with Gasteiger partial charge in [-0.2, -0.15) is 0 Å². The molecule has 7 heteroatoms. The van der Waals surface area contributed by atoms with Crippen LogP contribution in [0.5, 0.6) is 0 Å². The van der Waals surface area contributed by atoms with E-state index in [2.05, 4.69) is 27.9 Å². The lowest BCUT2D eigenvalue weighted by molar-refractivity contribution is 0.161. The van der Waals surface area contributed by atoms with E-state index in [1.165, 1.54) is 6.20 Å². The predicted octanol–water partition coefficient (Wildman–Crippen LogP) is 4.17. The van der Waals surface area contributed by atoms with Gasteiger partial charge < -0.3 is 25.8 Å². The molecule has 0 saturated heterocycles. The van der Waals surface area contributed by atoms with E-state index >= 15 is 0 Å². The van der Waals surface area contributed by atoms with Crippen molar-refractivity contribution in [3.8, 4) is 11.1 Å². The molecule has 1 aromatic heterocycles. The minimum absolute atomic E-state index is 0.337. The van der Waals surface area contributed by atoms with Crippen molar-refractivity contribution in [2.24, 2.45) is 0 Å². The molecule has 2 saturated carbocycles. The van der Waals surface area contributed by atoms with Crippen LogP contribution in [0.4, 0.5) is 15.9 Å². The Hall–Kier alpha value is -2.22. The number of rotatable bonds is 10. The summed E-state index contributed by atoms with van der Waals surface area (Å²) >= 11 is 0. The highest BCUT2D eigenvalue weighted by molar-refractivity contribution is 5.70. The van der Waals surface area contributed by atoms with Crippen LogP contribution in [0, 0.1) is 5.82 Å². The summed E-state index contributed by atoms with van der Waals surface area (Å²) < 4.78 is 19.8. The largest absolute Gasteiger partial charge is 0.388 e. The molecule has 32 heavy (non-hydrogen) atoms. The molecule has 0 unspecified atom stereocenters. The normalized spacial score (nSPS) is 22.9. The highest BCUT2D eigenvalue weighted by Gasteiger charge is 2.39. The molecule has 0 amide bonds. The SMILES string of the molecule is COC[C@H](C)N[C@H]1CC[C@H](Nc2cc(-c3cccc(NCC4(O)CC4)c3)c(F)cn2)CC1. The van der Waals surface area contributed by atoms with E-state index in [1.807, 2.05) is 24.3 Å². The van der Waals surface area contributed by atoms with Crippen LogP contribution in [0.15, 0.2) is 36.5 Å². The van der Waals surface area contributed by atoms with Crippen LogP contribution in [0.1, 0.15) is 45.4 Å². The molecule has 1 heterocycles. The van der Waals surface area contributed by atoms with Gasteiger partial charge in [0.2, 0.25) is 0 Å². The van der Waals surface area contributed by atoms with Crippen LogP contribution in [-0.4, -0.2) is 54.1 Å². The van der Waals surface area contributed by atoms with Gasteiger partial charge in [-0.3, -0.25) is 0 Å². The van der Waals surface area contributed by atoms with Crippen LogP contribution < -0.4 is 16.0 Å². The molecule has 1 aromatic carbocycles. The second kappa shape index (κ2) is 10.1. The number of benzene rings is 1. The Morgan fingerprint density at radius 2 is 1.94 bits per heavy atom. The van der Waals surface area contributed by atoms with Crippen LogP contribution in [-0.2, 0) is 4.74 Å². The summed E-state index contributed by atoms with van der Waals surface area (Å²) in [6.07, 6.45) is 7.25. The second-order valence-electron chi connectivity index (χ2n) is 9.42. The van der Waals surface area contributed by atoms with Gasteiger partial charge in [0, 0.05) is 43.0 Å². The lowest BCUT2D eigenvalue weighted by atomic mass is 9.90. The second-order valence-corrected chi connectivity index (χ2v) is 9.42. The highest BCUT2D eigenvalue weighted by Crippen LogP contribution is 2.35. The summed E-state index contributed by atoms with van der Waals surface area (Å²) in [5, 5.41) is 20.4. The Morgan fingerprint density at radius 1 is 1.19 bits per heavy atom. The maximum Gasteiger partial charge on any atom is 0.149 e. The first-order chi connectivity index (χ1) is 15.4. The van der Waals surface area contributed by atoms with Gasteiger partial charge in [-0.1, -0.05) is 12.1 Å². The number of methoxy groups -OCH3 is 1. The Kier molecular flexibility index (Phi) is 7.28. The van der Waals surface area contributed by atoms with Gasteiger partial charge in [-0.05, 0) is 69.2 Å². The number of ether oxygens (including phenoxy) is 1. The summed E-state index contributed by atoms with van der Waals surface area (Å²) in [5.74, 6) is 0.366. The van der Waals surface area contributed by atoms with E-state index in [0.717, 1.165) is 56.4 Å². The number of hydrogen-bond donors (Lipinski definition) is 4. The standard InChI is InChI=1S/C25H35FN4O2/c1-17(15-32-2)29-19-6-8-20(9-7-19)30-24-13-22(23(26)14-27-24)18-4-3-5-21(12-18)28-16-25(31)10-11-25/h3-5,12-14,17,19-20,28-29,31H,6-11,15-16H2,1-2H3,(H,27,30)/t17-,19-,20-/m0/s1. The van der Waals surface area contributed by atoms with Crippen LogP contribution in [0.25, 0.3) is 11.1 Å². The van der Waals surface area contributed by atoms with E-state index < -0.39 is 5.60 Å². The molecule has 2 aromatic rings. The summed E-state index contributed by atoms with van der Waals surface area (Å²) in [7, 11) is 1.73. The average molecular weight is 443 g/mol.